The van der Waals surface area contributed by atoms with Crippen molar-refractivity contribution in [3.8, 4) is 11.8 Å². The van der Waals surface area contributed by atoms with Crippen molar-refractivity contribution in [2.24, 2.45) is 0 Å². The van der Waals surface area contributed by atoms with Gasteiger partial charge in [-0.05, 0) is 49.7 Å². The summed E-state index contributed by atoms with van der Waals surface area (Å²) >= 11 is 0. The molecule has 3 rings (SSSR count). The highest BCUT2D eigenvalue weighted by Crippen LogP contribution is 2.23. The Kier molecular flexibility index (Phi) is 5.73. The van der Waals surface area contributed by atoms with Crippen molar-refractivity contribution < 1.29 is 18.4 Å². The predicted molar refractivity (Wildman–Crippen MR) is 109 cm³/mol. The first kappa shape index (κ1) is 20.6. The minimum Gasteiger partial charge on any atom is -0.289 e. The lowest BCUT2D eigenvalue weighted by Gasteiger charge is -2.24. The van der Waals surface area contributed by atoms with Gasteiger partial charge >= 0.3 is 0 Å². The summed E-state index contributed by atoms with van der Waals surface area (Å²) in [5, 5.41) is 14.2. The van der Waals surface area contributed by atoms with Crippen LogP contribution in [0.1, 0.15) is 24.5 Å². The van der Waals surface area contributed by atoms with Gasteiger partial charge in [0.15, 0.2) is 14.6 Å². The van der Waals surface area contributed by atoms with Crippen molar-refractivity contribution in [3.63, 3.8) is 0 Å². The molecule has 29 heavy (non-hydrogen) atoms. The molecule has 1 amide bonds. The smallest absolute Gasteiger partial charge is 0.264 e. The topological polar surface area (TPSA) is 101 Å². The van der Waals surface area contributed by atoms with Gasteiger partial charge in [-0.25, -0.2) is 13.9 Å². The highest BCUT2D eigenvalue weighted by Gasteiger charge is 2.43. The van der Waals surface area contributed by atoms with Crippen LogP contribution >= 0.6 is 0 Å². The van der Waals surface area contributed by atoms with Gasteiger partial charge in [-0.3, -0.25) is 14.7 Å². The summed E-state index contributed by atoms with van der Waals surface area (Å²) in [5.74, 6) is 5.22. The minimum atomic E-state index is -3.75. The molecule has 0 spiro atoms. The van der Waals surface area contributed by atoms with Crippen LogP contribution in [-0.4, -0.2) is 40.3 Å². The van der Waals surface area contributed by atoms with E-state index < -0.39 is 20.5 Å². The number of carbonyl (C=O) groups is 1. The summed E-state index contributed by atoms with van der Waals surface area (Å²) in [5.41, 5.74) is 3.89. The average molecular weight is 410 g/mol. The lowest BCUT2D eigenvalue weighted by atomic mass is 10.1. The molecule has 0 saturated heterocycles. The third kappa shape index (κ3) is 4.47. The van der Waals surface area contributed by atoms with Crippen molar-refractivity contribution in [2.75, 3.05) is 6.26 Å². The highest BCUT2D eigenvalue weighted by molar-refractivity contribution is 7.92. The highest BCUT2D eigenvalue weighted by atomic mass is 32.2. The summed E-state index contributed by atoms with van der Waals surface area (Å²) in [7, 11) is -3.75. The molecule has 0 saturated carbocycles. The van der Waals surface area contributed by atoms with Crippen LogP contribution in [0.3, 0.4) is 0 Å². The van der Waals surface area contributed by atoms with Gasteiger partial charge in [-0.2, -0.15) is 5.10 Å². The van der Waals surface area contributed by atoms with Gasteiger partial charge in [0, 0.05) is 35.5 Å². The molecule has 8 heteroatoms. The number of aryl methyl sites for hydroxylation is 1. The molecule has 0 aliphatic carbocycles. The van der Waals surface area contributed by atoms with Crippen molar-refractivity contribution >= 4 is 26.6 Å². The Morgan fingerprint density at radius 3 is 2.59 bits per heavy atom. The van der Waals surface area contributed by atoms with Crippen LogP contribution in [0.5, 0.6) is 0 Å². The number of nitrogens with one attached hydrogen (secondary N) is 1. The third-order valence-electron chi connectivity index (χ3n) is 4.84. The van der Waals surface area contributed by atoms with Crippen LogP contribution in [0, 0.1) is 17.9 Å². The zero-order chi connectivity index (χ0) is 21.1. The quantitative estimate of drug-likeness (QED) is 0.380. The average Bonchev–Trinajstić information content (AvgIpc) is 3.12. The second-order valence-electron chi connectivity index (χ2n) is 6.90. The fraction of sp³-hybridized carbons (Fsp3) is 0.238. The van der Waals surface area contributed by atoms with Crippen molar-refractivity contribution in [2.45, 2.75) is 24.6 Å². The summed E-state index contributed by atoms with van der Waals surface area (Å²) in [6.07, 6.45) is 2.71. The van der Waals surface area contributed by atoms with Crippen LogP contribution in [0.2, 0.25) is 0 Å². The summed E-state index contributed by atoms with van der Waals surface area (Å²) in [4.78, 5) is 11.9. The molecule has 1 aromatic heterocycles. The van der Waals surface area contributed by atoms with E-state index in [-0.39, 0.29) is 13.0 Å². The van der Waals surface area contributed by atoms with Gasteiger partial charge in [0.05, 0.1) is 5.52 Å². The molecule has 2 N–H and O–H groups in total. The maximum Gasteiger partial charge on any atom is 0.264 e. The number of hydrogen-bond donors (Lipinski definition) is 2. The molecule has 3 aromatic rings. The summed E-state index contributed by atoms with van der Waals surface area (Å²) < 4.78 is 23.9. The Morgan fingerprint density at radius 2 is 1.93 bits per heavy atom. The number of hydrogen-bond acceptors (Lipinski definition) is 5. The molecule has 0 fully saturated rings. The molecule has 7 nitrogen and oxygen atoms in total. The minimum absolute atomic E-state index is 0.0378. The maximum absolute atomic E-state index is 12.1. The zero-order valence-electron chi connectivity index (χ0n) is 16.0. The number of benzene rings is 2. The Balaban J connectivity index is 1.82. The van der Waals surface area contributed by atoms with Gasteiger partial charge in [-0.1, -0.05) is 24.0 Å². The molecule has 1 unspecified atom stereocenters. The number of sulfone groups is 1. The van der Waals surface area contributed by atoms with E-state index in [1.165, 1.54) is 12.4 Å². The predicted octanol–water partition coefficient (Wildman–Crippen LogP) is 1.94. The van der Waals surface area contributed by atoms with Crippen molar-refractivity contribution in [1.29, 1.82) is 0 Å². The van der Waals surface area contributed by atoms with E-state index in [9.17, 15) is 13.2 Å². The van der Waals surface area contributed by atoms with E-state index in [0.717, 1.165) is 28.3 Å². The van der Waals surface area contributed by atoms with Gasteiger partial charge in [0.1, 0.15) is 0 Å². The number of amides is 1. The molecular weight excluding hydrogens is 390 g/mol. The molecule has 0 aliphatic rings. The van der Waals surface area contributed by atoms with E-state index in [0.29, 0.717) is 0 Å². The Bertz CT molecular complexity index is 1210. The Morgan fingerprint density at radius 1 is 1.24 bits per heavy atom. The van der Waals surface area contributed by atoms with Gasteiger partial charge in [-0.15, -0.1) is 0 Å². The van der Waals surface area contributed by atoms with Crippen LogP contribution in [0.4, 0.5) is 0 Å². The monoisotopic (exact) mass is 410 g/mol. The van der Waals surface area contributed by atoms with E-state index in [2.05, 4.69) is 23.0 Å². The van der Waals surface area contributed by atoms with E-state index in [1.54, 1.807) is 23.0 Å². The first-order valence-corrected chi connectivity index (χ1v) is 10.7. The fourth-order valence-electron chi connectivity index (χ4n) is 2.80. The number of carbonyl (C=O) groups excluding carboxylic acids is 1. The van der Waals surface area contributed by atoms with Gasteiger partial charge < -0.3 is 0 Å². The van der Waals surface area contributed by atoms with Crippen LogP contribution in [-0.2, 0) is 21.2 Å². The number of nitrogens with zero attached hydrogens (tertiary/aromatic N) is 2. The lowest BCUT2D eigenvalue weighted by molar-refractivity contribution is -0.131. The van der Waals surface area contributed by atoms with Gasteiger partial charge in [0.25, 0.3) is 5.91 Å². The second kappa shape index (κ2) is 8.07. The van der Waals surface area contributed by atoms with Gasteiger partial charge in [0.2, 0.25) is 0 Å². The van der Waals surface area contributed by atoms with E-state index in [1.807, 2.05) is 30.3 Å². The third-order valence-corrected chi connectivity index (χ3v) is 6.87. The van der Waals surface area contributed by atoms with Crippen LogP contribution < -0.4 is 5.48 Å². The number of hydroxylamine groups is 1. The molecule has 1 atom stereocenters. The molecular formula is C21H20N3O4S. The number of rotatable bonds is 5. The molecule has 2 aromatic carbocycles. The van der Waals surface area contributed by atoms with Crippen LogP contribution in [0.15, 0.2) is 48.7 Å². The van der Waals surface area contributed by atoms with E-state index in [4.69, 9.17) is 5.21 Å². The molecule has 1 heterocycles. The Hall–Kier alpha value is -3.15. The number of fused-ring (bicyclic) bond motifs is 1. The SMILES string of the molecule is CC(CCn1cc2cc(C#Cc3cc[c]cc3)ccc2n1)(C(=O)NO)S(C)(=O)=O. The standard InChI is InChI=1S/C21H20N3O4S/c1-21(20(25)23-26,29(2,27)28)12-13-24-15-18-14-17(10-11-19(18)22-24)9-8-16-6-4-3-5-7-16/h4-7,10-11,14-15,26H,12-13H2,1-2H3,(H,23,25). The first-order valence-electron chi connectivity index (χ1n) is 8.82. The lowest BCUT2D eigenvalue weighted by Crippen LogP contribution is -2.49. The molecule has 0 bridgehead atoms. The summed E-state index contributed by atoms with van der Waals surface area (Å²) in [6, 6.07) is 15.9. The largest absolute Gasteiger partial charge is 0.289 e. The summed E-state index contributed by atoms with van der Waals surface area (Å²) in [6.45, 7) is 1.47. The second-order valence-corrected chi connectivity index (χ2v) is 9.34. The number of aromatic nitrogens is 2. The van der Waals surface area contributed by atoms with E-state index >= 15 is 0 Å². The Labute approximate surface area is 169 Å². The van der Waals surface area contributed by atoms with Crippen LogP contribution in [0.25, 0.3) is 10.9 Å². The van der Waals surface area contributed by atoms with Crippen molar-refractivity contribution in [3.05, 3.63) is 65.9 Å². The maximum atomic E-state index is 12.1. The fourth-order valence-corrected chi connectivity index (χ4v) is 3.64. The molecule has 0 aliphatic heterocycles. The normalized spacial score (nSPS) is 13.3. The van der Waals surface area contributed by atoms with Crippen molar-refractivity contribution in [1.82, 2.24) is 15.3 Å². The molecule has 1 radical (unpaired) electrons. The molecule has 149 valence electrons. The first-order chi connectivity index (χ1) is 13.7. The zero-order valence-corrected chi connectivity index (χ0v) is 16.8.